The van der Waals surface area contributed by atoms with Crippen LogP contribution in [0.4, 0.5) is 20.4 Å². The average molecular weight is 658 g/mol. The van der Waals surface area contributed by atoms with Gasteiger partial charge in [-0.05, 0) is 79.9 Å². The molecule has 3 aromatic carbocycles. The van der Waals surface area contributed by atoms with Crippen LogP contribution in [-0.4, -0.2) is 50.1 Å². The van der Waals surface area contributed by atoms with Gasteiger partial charge in [0.25, 0.3) is 10.0 Å². The van der Waals surface area contributed by atoms with Gasteiger partial charge in [-0.15, -0.1) is 0 Å². The number of ether oxygens (including phenoxy) is 2. The smallest absolute Gasteiger partial charge is 0.303 e. The lowest BCUT2D eigenvalue weighted by molar-refractivity contribution is -0.147. The Morgan fingerprint density at radius 2 is 1.96 bits per heavy atom. The van der Waals surface area contributed by atoms with Gasteiger partial charge in [0.1, 0.15) is 23.1 Å². The summed E-state index contributed by atoms with van der Waals surface area (Å²) in [6.07, 6.45) is 3.17. The topological polar surface area (TPSA) is 132 Å². The van der Waals surface area contributed by atoms with Crippen LogP contribution in [0.15, 0.2) is 47.5 Å². The number of carbonyl (C=O) groups is 1. The number of rotatable bonds is 8. The number of nitrogens with one attached hydrogen (secondary N) is 3. The van der Waals surface area contributed by atoms with Gasteiger partial charge in [0, 0.05) is 35.1 Å². The van der Waals surface area contributed by atoms with Crippen molar-refractivity contribution in [1.82, 2.24) is 15.3 Å². The first kappa shape index (κ1) is 30.9. The Bertz CT molecular complexity index is 1920. The molecule has 0 saturated carbocycles. The molecule has 0 unspecified atom stereocenters. The first-order valence-electron chi connectivity index (χ1n) is 14.5. The maximum atomic E-state index is 16.1. The van der Waals surface area contributed by atoms with E-state index in [0.29, 0.717) is 23.3 Å². The number of esters is 1. The predicted molar refractivity (Wildman–Crippen MR) is 166 cm³/mol. The molecular weight excluding hydrogens is 628 g/mol. The van der Waals surface area contributed by atoms with E-state index in [0.717, 1.165) is 49.7 Å². The lowest BCUT2D eigenvalue weighted by Crippen LogP contribution is -2.35. The summed E-state index contributed by atoms with van der Waals surface area (Å²) >= 11 is 6.20. The van der Waals surface area contributed by atoms with Crippen LogP contribution in [0, 0.1) is 11.6 Å². The van der Waals surface area contributed by atoms with E-state index < -0.39 is 45.0 Å². The van der Waals surface area contributed by atoms with Crippen LogP contribution in [0.25, 0.3) is 22.0 Å². The highest BCUT2D eigenvalue weighted by Gasteiger charge is 2.34. The van der Waals surface area contributed by atoms with Gasteiger partial charge in [-0.3, -0.25) is 9.52 Å². The molecular formula is C31H30ClF2N5O5S. The van der Waals surface area contributed by atoms with Gasteiger partial charge < -0.3 is 20.1 Å². The summed E-state index contributed by atoms with van der Waals surface area (Å²) in [7, 11) is -4.51. The van der Waals surface area contributed by atoms with Crippen LogP contribution in [0.3, 0.4) is 0 Å². The normalized spacial score (nSPS) is 16.7. The molecule has 1 saturated heterocycles. The number of anilines is 2. The van der Waals surface area contributed by atoms with Crippen molar-refractivity contribution in [1.29, 1.82) is 0 Å². The SMILES string of the molecule is CCc1cc(-c2c(F)ccc(NS(=O)(=O)c3cc(Cl)cc4c3OC[C@H]4OC(C)=O)c2F)cc2cnc(NC3CCNCC3)nc12. The van der Waals surface area contributed by atoms with E-state index in [2.05, 4.69) is 20.3 Å². The molecule has 0 amide bonds. The average Bonchev–Trinajstić information content (AvgIpc) is 3.39. The van der Waals surface area contributed by atoms with E-state index in [-0.39, 0.29) is 39.4 Å². The van der Waals surface area contributed by atoms with Crippen molar-refractivity contribution < 1.29 is 31.5 Å². The molecule has 6 rings (SSSR count). The molecule has 3 N–H and O–H groups in total. The fourth-order valence-electron chi connectivity index (χ4n) is 5.68. The molecule has 45 heavy (non-hydrogen) atoms. The molecule has 2 aliphatic rings. The minimum Gasteiger partial charge on any atom is -0.487 e. The second-order valence-corrected chi connectivity index (χ2v) is 13.0. The van der Waals surface area contributed by atoms with E-state index in [1.54, 1.807) is 18.3 Å². The van der Waals surface area contributed by atoms with Crippen LogP contribution >= 0.6 is 11.6 Å². The van der Waals surface area contributed by atoms with Crippen molar-refractivity contribution in [3.8, 4) is 16.9 Å². The van der Waals surface area contributed by atoms with Gasteiger partial charge in [-0.25, -0.2) is 27.2 Å². The number of sulfonamides is 1. The molecule has 0 bridgehead atoms. The van der Waals surface area contributed by atoms with Crippen LogP contribution in [0.5, 0.6) is 5.75 Å². The number of carbonyl (C=O) groups excluding carboxylic acids is 1. The second kappa shape index (κ2) is 12.4. The molecule has 236 valence electrons. The molecule has 3 heterocycles. The third-order valence-electron chi connectivity index (χ3n) is 7.81. The summed E-state index contributed by atoms with van der Waals surface area (Å²) in [5.41, 5.74) is 0.980. The zero-order valence-corrected chi connectivity index (χ0v) is 26.0. The summed E-state index contributed by atoms with van der Waals surface area (Å²) in [6, 6.07) is 8.05. The fraction of sp³-hybridized carbons (Fsp3) is 0.323. The van der Waals surface area contributed by atoms with Crippen LogP contribution in [0.2, 0.25) is 5.02 Å². The molecule has 0 radical (unpaired) electrons. The third-order valence-corrected chi connectivity index (χ3v) is 9.40. The summed E-state index contributed by atoms with van der Waals surface area (Å²) in [4.78, 5) is 20.3. The maximum absolute atomic E-state index is 16.1. The number of aryl methyl sites for hydroxylation is 1. The molecule has 0 spiro atoms. The van der Waals surface area contributed by atoms with Crippen molar-refractivity contribution in [2.45, 2.75) is 50.2 Å². The Morgan fingerprint density at radius 3 is 2.69 bits per heavy atom. The van der Waals surface area contributed by atoms with E-state index in [1.165, 1.54) is 13.0 Å². The number of fused-ring (bicyclic) bond motifs is 2. The predicted octanol–water partition coefficient (Wildman–Crippen LogP) is 5.75. The molecule has 1 aromatic heterocycles. The van der Waals surface area contributed by atoms with Gasteiger partial charge in [0.15, 0.2) is 11.9 Å². The van der Waals surface area contributed by atoms with Crippen LogP contribution in [0.1, 0.15) is 43.9 Å². The number of piperidine rings is 1. The Morgan fingerprint density at radius 1 is 1.18 bits per heavy atom. The number of benzene rings is 3. The zero-order valence-electron chi connectivity index (χ0n) is 24.4. The van der Waals surface area contributed by atoms with Crippen LogP contribution in [-0.2, 0) is 26.0 Å². The van der Waals surface area contributed by atoms with E-state index in [4.69, 9.17) is 26.1 Å². The van der Waals surface area contributed by atoms with Gasteiger partial charge >= 0.3 is 5.97 Å². The highest BCUT2D eigenvalue weighted by Crippen LogP contribution is 2.43. The number of hydrogen-bond donors (Lipinski definition) is 3. The summed E-state index contributed by atoms with van der Waals surface area (Å²) in [5.74, 6) is -2.15. The van der Waals surface area contributed by atoms with Crippen molar-refractivity contribution in [2.75, 3.05) is 29.7 Å². The van der Waals surface area contributed by atoms with E-state index >= 15 is 8.78 Å². The second-order valence-electron chi connectivity index (χ2n) is 10.9. The van der Waals surface area contributed by atoms with E-state index in [1.807, 2.05) is 6.92 Å². The fourth-order valence-corrected chi connectivity index (χ4v) is 7.23. The molecule has 14 heteroatoms. The molecule has 2 aliphatic heterocycles. The Hall–Kier alpha value is -4.07. The Balaban J connectivity index is 1.35. The first-order valence-corrected chi connectivity index (χ1v) is 16.3. The lowest BCUT2D eigenvalue weighted by atomic mass is 9.97. The monoisotopic (exact) mass is 657 g/mol. The summed E-state index contributed by atoms with van der Waals surface area (Å²) in [6.45, 7) is 4.83. The van der Waals surface area contributed by atoms with Gasteiger partial charge in [0.2, 0.25) is 5.95 Å². The number of aromatic nitrogens is 2. The molecule has 10 nitrogen and oxygen atoms in total. The van der Waals surface area contributed by atoms with Gasteiger partial charge in [-0.2, -0.15) is 0 Å². The van der Waals surface area contributed by atoms with Crippen LogP contribution < -0.4 is 20.1 Å². The highest BCUT2D eigenvalue weighted by atomic mass is 35.5. The summed E-state index contributed by atoms with van der Waals surface area (Å²) in [5, 5.41) is 7.31. The number of hydrogen-bond acceptors (Lipinski definition) is 9. The lowest BCUT2D eigenvalue weighted by Gasteiger charge is -2.23. The molecule has 1 atom stereocenters. The first-order chi connectivity index (χ1) is 21.5. The standard InChI is InChI=1S/C31H30ClF2N5O5S/c1-3-17-10-18(11-19-14-36-31(38-29(17)19)37-21-6-8-35-9-7-21)27-23(33)4-5-24(28(27)34)39-45(41,42)26-13-20(32)12-22-25(44-16(2)40)15-43-30(22)26/h4-5,10-14,21,25,35,39H,3,6-9,15H2,1-2H3,(H,36,37,38)/t25-/m1/s1. The Kier molecular flexibility index (Phi) is 8.51. The van der Waals surface area contributed by atoms with Crippen molar-refractivity contribution >= 4 is 50.1 Å². The van der Waals surface area contributed by atoms with E-state index in [9.17, 15) is 13.2 Å². The van der Waals surface area contributed by atoms with Crippen molar-refractivity contribution in [2.24, 2.45) is 0 Å². The van der Waals surface area contributed by atoms with Gasteiger partial charge in [0.05, 0.1) is 16.8 Å². The van der Waals surface area contributed by atoms with Gasteiger partial charge in [-0.1, -0.05) is 18.5 Å². The maximum Gasteiger partial charge on any atom is 0.303 e. The zero-order chi connectivity index (χ0) is 31.9. The minimum absolute atomic E-state index is 0.0385. The highest BCUT2D eigenvalue weighted by molar-refractivity contribution is 7.92. The number of nitrogens with zero attached hydrogens (tertiary/aromatic N) is 2. The largest absolute Gasteiger partial charge is 0.487 e. The molecule has 0 aliphatic carbocycles. The van der Waals surface area contributed by atoms with Crippen molar-refractivity contribution in [3.05, 3.63) is 70.4 Å². The van der Waals surface area contributed by atoms with Crippen molar-refractivity contribution in [3.63, 3.8) is 0 Å². The minimum atomic E-state index is -4.51. The Labute approximate surface area is 263 Å². The third kappa shape index (κ3) is 6.24. The molecule has 4 aromatic rings. The molecule has 1 fully saturated rings. The number of halogens is 3. The summed E-state index contributed by atoms with van der Waals surface area (Å²) < 4.78 is 71.4. The quantitative estimate of drug-likeness (QED) is 0.203.